The summed E-state index contributed by atoms with van der Waals surface area (Å²) in [4.78, 5) is 31.3. The normalized spacial score (nSPS) is 16.5. The number of rotatable bonds is 4. The predicted molar refractivity (Wildman–Crippen MR) is 112 cm³/mol. The molecule has 1 aromatic carbocycles. The molecule has 0 amide bonds. The Bertz CT molecular complexity index is 1280. The van der Waals surface area contributed by atoms with Crippen LogP contribution in [-0.2, 0) is 16.6 Å². The molecule has 0 saturated carbocycles. The summed E-state index contributed by atoms with van der Waals surface area (Å²) in [7, 11) is 1.93. The highest BCUT2D eigenvalue weighted by Gasteiger charge is 2.33. The largest absolute Gasteiger partial charge is 0.463 e. The Kier molecular flexibility index (Phi) is 5.07. The van der Waals surface area contributed by atoms with Crippen LogP contribution >= 0.6 is 11.3 Å². The summed E-state index contributed by atoms with van der Waals surface area (Å²) in [6.07, 6.45) is 3.79. The third kappa shape index (κ3) is 3.38. The maximum absolute atomic E-state index is 13.4. The van der Waals surface area contributed by atoms with E-state index < -0.39 is 12.0 Å². The molecule has 3 aromatic rings. The lowest BCUT2D eigenvalue weighted by molar-refractivity contribution is -0.139. The molecule has 2 aromatic heterocycles. The first-order valence-corrected chi connectivity index (χ1v) is 10.2. The van der Waals surface area contributed by atoms with Crippen LogP contribution in [0.25, 0.3) is 6.08 Å². The van der Waals surface area contributed by atoms with E-state index in [1.54, 1.807) is 18.4 Å². The number of esters is 1. The summed E-state index contributed by atoms with van der Waals surface area (Å²) in [6, 6.07) is 12.8. The molecule has 6 nitrogen and oxygen atoms in total. The van der Waals surface area contributed by atoms with E-state index in [1.165, 1.54) is 11.3 Å². The maximum Gasteiger partial charge on any atom is 0.338 e. The highest BCUT2D eigenvalue weighted by Crippen LogP contribution is 2.30. The van der Waals surface area contributed by atoms with Gasteiger partial charge in [0, 0.05) is 18.9 Å². The molecule has 0 bridgehead atoms. The Labute approximate surface area is 171 Å². The van der Waals surface area contributed by atoms with Gasteiger partial charge in [0.2, 0.25) is 0 Å². The number of hydrogen-bond acceptors (Lipinski definition) is 5. The molecular formula is C22H21N3O3S. The van der Waals surface area contributed by atoms with Gasteiger partial charge in [-0.1, -0.05) is 41.7 Å². The van der Waals surface area contributed by atoms with Crippen LogP contribution in [0.2, 0.25) is 0 Å². The molecule has 0 N–H and O–H groups in total. The molecule has 1 aliphatic rings. The fourth-order valence-corrected chi connectivity index (χ4v) is 4.53. The summed E-state index contributed by atoms with van der Waals surface area (Å²) in [5, 5.41) is 0. The zero-order chi connectivity index (χ0) is 20.5. The number of thiazole rings is 1. The van der Waals surface area contributed by atoms with Crippen molar-refractivity contribution in [3.05, 3.63) is 90.9 Å². The number of hydrogen-bond donors (Lipinski definition) is 0. The molecule has 3 heterocycles. The number of aromatic nitrogens is 2. The van der Waals surface area contributed by atoms with Gasteiger partial charge in [0.05, 0.1) is 28.5 Å². The summed E-state index contributed by atoms with van der Waals surface area (Å²) in [6.45, 7) is 3.81. The van der Waals surface area contributed by atoms with Gasteiger partial charge < -0.3 is 9.30 Å². The lowest BCUT2D eigenvalue weighted by Gasteiger charge is -2.24. The highest BCUT2D eigenvalue weighted by molar-refractivity contribution is 7.07. The van der Waals surface area contributed by atoms with Crippen molar-refractivity contribution >= 4 is 23.4 Å². The number of fused-ring (bicyclic) bond motifs is 1. The first-order valence-electron chi connectivity index (χ1n) is 9.37. The molecular weight excluding hydrogens is 386 g/mol. The monoisotopic (exact) mass is 407 g/mol. The van der Waals surface area contributed by atoms with Gasteiger partial charge in [-0.05, 0) is 37.6 Å². The van der Waals surface area contributed by atoms with Gasteiger partial charge in [0.1, 0.15) is 0 Å². The number of aryl methyl sites for hydroxylation is 1. The van der Waals surface area contributed by atoms with Gasteiger partial charge >= 0.3 is 5.97 Å². The average Bonchev–Trinajstić information content (AvgIpc) is 3.25. The van der Waals surface area contributed by atoms with Crippen LogP contribution in [0.1, 0.15) is 31.1 Å². The van der Waals surface area contributed by atoms with Gasteiger partial charge in [0.15, 0.2) is 4.80 Å². The maximum atomic E-state index is 13.4. The number of benzene rings is 1. The van der Waals surface area contributed by atoms with Crippen LogP contribution < -0.4 is 14.9 Å². The van der Waals surface area contributed by atoms with Crippen molar-refractivity contribution in [1.29, 1.82) is 0 Å². The minimum atomic E-state index is -0.568. The summed E-state index contributed by atoms with van der Waals surface area (Å²) < 4.78 is 9.41. The molecule has 1 atom stereocenters. The smallest absolute Gasteiger partial charge is 0.338 e. The Morgan fingerprint density at radius 2 is 2.00 bits per heavy atom. The fourth-order valence-electron chi connectivity index (χ4n) is 3.50. The van der Waals surface area contributed by atoms with Crippen LogP contribution in [0.5, 0.6) is 0 Å². The summed E-state index contributed by atoms with van der Waals surface area (Å²) >= 11 is 1.33. The van der Waals surface area contributed by atoms with E-state index in [9.17, 15) is 9.59 Å². The van der Waals surface area contributed by atoms with Crippen molar-refractivity contribution in [2.45, 2.75) is 19.9 Å². The van der Waals surface area contributed by atoms with E-state index in [-0.39, 0.29) is 12.2 Å². The average molecular weight is 407 g/mol. The third-order valence-electron chi connectivity index (χ3n) is 4.90. The lowest BCUT2D eigenvalue weighted by Crippen LogP contribution is -2.39. The standard InChI is InChI=1S/C22H21N3O3S/c1-4-28-21(27)18-14(2)23-22-25(19(18)15-9-6-5-7-10-15)20(26)17(29-22)13-16-11-8-12-24(16)3/h5-13,19H,4H2,1-3H3/b17-13-. The fraction of sp³-hybridized carbons (Fsp3) is 0.227. The second-order valence-corrected chi connectivity index (χ2v) is 7.77. The van der Waals surface area contributed by atoms with Crippen molar-refractivity contribution in [2.75, 3.05) is 6.61 Å². The Hall–Kier alpha value is -3.19. The second kappa shape index (κ2) is 7.67. The number of carbonyl (C=O) groups is 1. The molecule has 0 spiro atoms. The third-order valence-corrected chi connectivity index (χ3v) is 5.88. The molecule has 1 aliphatic heterocycles. The minimum Gasteiger partial charge on any atom is -0.463 e. The molecule has 29 heavy (non-hydrogen) atoms. The number of allylic oxidation sites excluding steroid dienone is 1. The molecule has 0 radical (unpaired) electrons. The molecule has 0 aliphatic carbocycles. The Morgan fingerprint density at radius 3 is 2.66 bits per heavy atom. The van der Waals surface area contributed by atoms with Gasteiger partial charge in [0.25, 0.3) is 5.56 Å². The van der Waals surface area contributed by atoms with E-state index in [1.807, 2.05) is 66.4 Å². The zero-order valence-corrected chi connectivity index (χ0v) is 17.3. The van der Waals surface area contributed by atoms with Crippen LogP contribution in [0.4, 0.5) is 0 Å². The summed E-state index contributed by atoms with van der Waals surface area (Å²) in [5.74, 6) is -0.445. The van der Waals surface area contributed by atoms with Crippen molar-refractivity contribution in [3.8, 4) is 0 Å². The van der Waals surface area contributed by atoms with Crippen molar-refractivity contribution < 1.29 is 9.53 Å². The minimum absolute atomic E-state index is 0.168. The lowest BCUT2D eigenvalue weighted by atomic mass is 9.96. The van der Waals surface area contributed by atoms with Crippen molar-refractivity contribution in [3.63, 3.8) is 0 Å². The SMILES string of the molecule is CCOC(=O)C1=C(C)N=c2s/c(=C\c3cccn3C)c(=O)n2C1c1ccccc1. The van der Waals surface area contributed by atoms with E-state index in [4.69, 9.17) is 4.74 Å². The van der Waals surface area contributed by atoms with Gasteiger partial charge in [-0.25, -0.2) is 9.79 Å². The molecule has 148 valence electrons. The highest BCUT2D eigenvalue weighted by atomic mass is 32.1. The van der Waals surface area contributed by atoms with Gasteiger partial charge in [-0.2, -0.15) is 0 Å². The van der Waals surface area contributed by atoms with Crippen molar-refractivity contribution in [2.24, 2.45) is 12.0 Å². The predicted octanol–water partition coefficient (Wildman–Crippen LogP) is 2.14. The Morgan fingerprint density at radius 1 is 1.24 bits per heavy atom. The number of ether oxygens (including phenoxy) is 1. The van der Waals surface area contributed by atoms with Crippen molar-refractivity contribution in [1.82, 2.24) is 9.13 Å². The van der Waals surface area contributed by atoms with Crippen LogP contribution in [-0.4, -0.2) is 21.7 Å². The van der Waals surface area contributed by atoms with Crippen LogP contribution in [0.15, 0.2) is 69.7 Å². The topological polar surface area (TPSA) is 65.6 Å². The van der Waals surface area contributed by atoms with E-state index in [0.29, 0.717) is 20.6 Å². The quantitative estimate of drug-likeness (QED) is 0.623. The van der Waals surface area contributed by atoms with E-state index in [0.717, 1.165) is 11.3 Å². The Balaban J connectivity index is 1.98. The van der Waals surface area contributed by atoms with E-state index in [2.05, 4.69) is 4.99 Å². The van der Waals surface area contributed by atoms with Gasteiger partial charge in [-0.3, -0.25) is 9.36 Å². The molecule has 4 rings (SSSR count). The van der Waals surface area contributed by atoms with Crippen LogP contribution in [0, 0.1) is 0 Å². The van der Waals surface area contributed by atoms with E-state index >= 15 is 0 Å². The summed E-state index contributed by atoms with van der Waals surface area (Å²) in [5.41, 5.74) is 2.57. The molecule has 0 saturated heterocycles. The molecule has 7 heteroatoms. The molecule has 0 fully saturated rings. The molecule has 1 unspecified atom stereocenters. The number of carbonyl (C=O) groups excluding carboxylic acids is 1. The second-order valence-electron chi connectivity index (χ2n) is 6.76. The number of nitrogens with zero attached hydrogens (tertiary/aromatic N) is 3. The first kappa shape index (κ1) is 19.1. The van der Waals surface area contributed by atoms with Crippen LogP contribution in [0.3, 0.4) is 0 Å². The first-order chi connectivity index (χ1) is 14.0. The zero-order valence-electron chi connectivity index (χ0n) is 16.5. The van der Waals surface area contributed by atoms with Gasteiger partial charge in [-0.15, -0.1) is 0 Å².